The van der Waals surface area contributed by atoms with Gasteiger partial charge in [-0.15, -0.1) is 11.3 Å². The topological polar surface area (TPSA) is 59.2 Å². The standard InChI is InChI=1S/C20H20F3N3OS/c21-20(22,23)13-3-1-2-11(6-13)17-16(25-18(28-17)10-4-5-10)19(27)26-14(9-24)7-12-8-15(12)26/h1-3,6,10,12,14-15H,4-5,7-9,24H2/t12-,14+,15+/m1/s1. The molecule has 1 amide bonds. The number of hydrogen-bond donors (Lipinski definition) is 1. The number of benzene rings is 1. The SMILES string of the molecule is NC[C@@H]1C[C@@H]2C[C@@H]2N1C(=O)c1nc(C2CC2)sc1-c1cccc(C(F)(F)F)c1. The van der Waals surface area contributed by atoms with Crippen LogP contribution in [0.25, 0.3) is 10.4 Å². The van der Waals surface area contributed by atoms with Gasteiger partial charge in [0.1, 0.15) is 5.69 Å². The number of fused-ring (bicyclic) bond motifs is 1. The van der Waals surface area contributed by atoms with Gasteiger partial charge in [-0.1, -0.05) is 12.1 Å². The lowest BCUT2D eigenvalue weighted by Crippen LogP contribution is -2.42. The molecule has 2 saturated carbocycles. The number of amides is 1. The molecule has 0 spiro atoms. The van der Waals surface area contributed by atoms with Crippen molar-refractivity contribution >= 4 is 17.2 Å². The van der Waals surface area contributed by atoms with Gasteiger partial charge in [-0.2, -0.15) is 13.2 Å². The highest BCUT2D eigenvalue weighted by Gasteiger charge is 2.54. The van der Waals surface area contributed by atoms with Crippen LogP contribution in [-0.2, 0) is 6.18 Å². The van der Waals surface area contributed by atoms with E-state index in [1.54, 1.807) is 6.07 Å². The van der Waals surface area contributed by atoms with Crippen molar-refractivity contribution in [1.82, 2.24) is 9.88 Å². The average Bonchev–Trinajstić information content (AvgIpc) is 3.59. The molecule has 1 saturated heterocycles. The fourth-order valence-corrected chi connectivity index (χ4v) is 5.45. The Morgan fingerprint density at radius 3 is 2.75 bits per heavy atom. The fraction of sp³-hybridized carbons (Fsp3) is 0.500. The molecule has 3 aliphatic rings. The fourth-order valence-electron chi connectivity index (χ4n) is 4.23. The van der Waals surface area contributed by atoms with Crippen molar-refractivity contribution in [2.75, 3.05) is 6.54 Å². The minimum absolute atomic E-state index is 0.00307. The molecule has 2 N–H and O–H groups in total. The number of aromatic nitrogens is 1. The molecule has 2 aromatic rings. The van der Waals surface area contributed by atoms with Crippen LogP contribution in [-0.4, -0.2) is 34.4 Å². The second kappa shape index (κ2) is 6.29. The molecule has 0 radical (unpaired) electrons. The van der Waals surface area contributed by atoms with Crippen LogP contribution in [0.1, 0.15) is 52.7 Å². The van der Waals surface area contributed by atoms with Crippen molar-refractivity contribution < 1.29 is 18.0 Å². The van der Waals surface area contributed by atoms with Crippen molar-refractivity contribution in [3.05, 3.63) is 40.5 Å². The molecule has 0 unspecified atom stereocenters. The highest BCUT2D eigenvalue weighted by molar-refractivity contribution is 7.15. The summed E-state index contributed by atoms with van der Waals surface area (Å²) in [7, 11) is 0. The molecule has 5 rings (SSSR count). The largest absolute Gasteiger partial charge is 0.416 e. The summed E-state index contributed by atoms with van der Waals surface area (Å²) in [5.74, 6) is 0.653. The molecule has 3 atom stereocenters. The summed E-state index contributed by atoms with van der Waals surface area (Å²) in [6.45, 7) is 0.400. The van der Waals surface area contributed by atoms with Crippen LogP contribution in [0.15, 0.2) is 24.3 Å². The van der Waals surface area contributed by atoms with Crippen molar-refractivity contribution in [2.45, 2.75) is 49.9 Å². The van der Waals surface area contributed by atoms with Gasteiger partial charge >= 0.3 is 6.18 Å². The highest BCUT2D eigenvalue weighted by Crippen LogP contribution is 2.50. The third-order valence-corrected chi connectivity index (χ3v) is 7.21. The summed E-state index contributed by atoms with van der Waals surface area (Å²) in [4.78, 5) is 20.4. The molecule has 28 heavy (non-hydrogen) atoms. The molecule has 148 valence electrons. The number of likely N-dealkylation sites (tertiary alicyclic amines) is 1. The zero-order valence-electron chi connectivity index (χ0n) is 15.1. The van der Waals surface area contributed by atoms with Crippen molar-refractivity contribution in [3.63, 3.8) is 0 Å². The van der Waals surface area contributed by atoms with Gasteiger partial charge in [0.2, 0.25) is 0 Å². The van der Waals surface area contributed by atoms with E-state index in [4.69, 9.17) is 5.73 Å². The molecule has 0 bridgehead atoms. The van der Waals surface area contributed by atoms with Gasteiger partial charge in [-0.25, -0.2) is 4.98 Å². The number of thiazole rings is 1. The van der Waals surface area contributed by atoms with Crippen LogP contribution in [0, 0.1) is 5.92 Å². The highest BCUT2D eigenvalue weighted by atomic mass is 32.1. The second-order valence-electron chi connectivity index (χ2n) is 7.98. The van der Waals surface area contributed by atoms with E-state index in [2.05, 4.69) is 4.98 Å². The van der Waals surface area contributed by atoms with E-state index in [9.17, 15) is 18.0 Å². The molecular weight excluding hydrogens is 387 g/mol. The number of nitrogens with two attached hydrogens (primary N) is 1. The second-order valence-corrected chi connectivity index (χ2v) is 9.01. The number of rotatable bonds is 4. The van der Waals surface area contributed by atoms with Crippen molar-refractivity contribution in [3.8, 4) is 10.4 Å². The van der Waals surface area contributed by atoms with E-state index in [0.717, 1.165) is 42.8 Å². The zero-order chi connectivity index (χ0) is 19.6. The number of hydrogen-bond acceptors (Lipinski definition) is 4. The Kier molecular flexibility index (Phi) is 4.07. The van der Waals surface area contributed by atoms with E-state index >= 15 is 0 Å². The van der Waals surface area contributed by atoms with Gasteiger partial charge in [-0.3, -0.25) is 4.79 Å². The Bertz CT molecular complexity index is 937. The Balaban J connectivity index is 1.56. The molecule has 8 heteroatoms. The third kappa shape index (κ3) is 3.03. The quantitative estimate of drug-likeness (QED) is 0.824. The number of piperidine rings is 1. The lowest BCUT2D eigenvalue weighted by molar-refractivity contribution is -0.137. The molecule has 1 aromatic heterocycles. The lowest BCUT2D eigenvalue weighted by atomic mass is 10.1. The van der Waals surface area contributed by atoms with Gasteiger partial charge < -0.3 is 10.6 Å². The molecule has 1 aliphatic heterocycles. The lowest BCUT2D eigenvalue weighted by Gasteiger charge is -2.26. The summed E-state index contributed by atoms with van der Waals surface area (Å²) in [5.41, 5.74) is 5.84. The van der Waals surface area contributed by atoms with E-state index in [1.165, 1.54) is 17.4 Å². The number of nitrogens with zero attached hydrogens (tertiary/aromatic N) is 2. The molecule has 3 fully saturated rings. The number of alkyl halides is 3. The maximum Gasteiger partial charge on any atom is 0.416 e. The van der Waals surface area contributed by atoms with Gasteiger partial charge in [0.25, 0.3) is 5.91 Å². The summed E-state index contributed by atoms with van der Waals surface area (Å²) in [6.07, 6.45) is -0.497. The van der Waals surface area contributed by atoms with Gasteiger partial charge in [0.05, 0.1) is 15.4 Å². The van der Waals surface area contributed by atoms with E-state index in [-0.39, 0.29) is 23.7 Å². The first-order chi connectivity index (χ1) is 13.4. The van der Waals surface area contributed by atoms with E-state index in [0.29, 0.717) is 28.8 Å². The van der Waals surface area contributed by atoms with Crippen LogP contribution in [0.4, 0.5) is 13.2 Å². The molecule has 4 nitrogen and oxygen atoms in total. The summed E-state index contributed by atoms with van der Waals surface area (Å²) < 4.78 is 39.6. The Morgan fingerprint density at radius 1 is 1.29 bits per heavy atom. The number of halogens is 3. The molecular formula is C20H20F3N3OS. The predicted molar refractivity (Wildman–Crippen MR) is 100 cm³/mol. The minimum atomic E-state index is -4.43. The van der Waals surface area contributed by atoms with Crippen LogP contribution in [0.3, 0.4) is 0 Å². The molecule has 2 aliphatic carbocycles. The first kappa shape index (κ1) is 18.1. The average molecular weight is 407 g/mol. The van der Waals surface area contributed by atoms with E-state index < -0.39 is 11.7 Å². The summed E-state index contributed by atoms with van der Waals surface area (Å²) in [6, 6.07) is 5.38. The van der Waals surface area contributed by atoms with Crippen LogP contribution >= 0.6 is 11.3 Å². The molecule has 2 heterocycles. The monoisotopic (exact) mass is 407 g/mol. The van der Waals surface area contributed by atoms with Crippen molar-refractivity contribution in [1.29, 1.82) is 0 Å². The van der Waals surface area contributed by atoms with Gasteiger partial charge in [0, 0.05) is 24.5 Å². The first-order valence-electron chi connectivity index (χ1n) is 9.58. The Labute approximate surface area is 164 Å². The summed E-state index contributed by atoms with van der Waals surface area (Å²) >= 11 is 1.36. The van der Waals surface area contributed by atoms with Crippen molar-refractivity contribution in [2.24, 2.45) is 11.7 Å². The smallest absolute Gasteiger partial charge is 0.330 e. The minimum Gasteiger partial charge on any atom is -0.330 e. The number of carbonyl (C=O) groups is 1. The maximum absolute atomic E-state index is 13.4. The number of carbonyl (C=O) groups excluding carboxylic acids is 1. The van der Waals surface area contributed by atoms with Crippen LogP contribution in [0.5, 0.6) is 0 Å². The third-order valence-electron chi connectivity index (χ3n) is 5.94. The van der Waals surface area contributed by atoms with Gasteiger partial charge in [0.15, 0.2) is 0 Å². The maximum atomic E-state index is 13.4. The van der Waals surface area contributed by atoms with E-state index in [1.807, 2.05) is 4.90 Å². The summed E-state index contributed by atoms with van der Waals surface area (Å²) in [5, 5.41) is 0.853. The first-order valence-corrected chi connectivity index (χ1v) is 10.4. The van der Waals surface area contributed by atoms with Crippen LogP contribution in [0.2, 0.25) is 0 Å². The van der Waals surface area contributed by atoms with Crippen LogP contribution < -0.4 is 5.73 Å². The molecule has 1 aromatic carbocycles. The Hall–Kier alpha value is -1.93. The Morgan fingerprint density at radius 2 is 2.07 bits per heavy atom. The van der Waals surface area contributed by atoms with Gasteiger partial charge in [-0.05, 0) is 49.3 Å². The zero-order valence-corrected chi connectivity index (χ0v) is 15.9. The predicted octanol–water partition coefficient (Wildman–Crippen LogP) is 4.27. The normalized spacial score (nSPS) is 26.4.